The molecule has 4 heteroatoms. The Balaban J connectivity index is 1.67. The van der Waals surface area contributed by atoms with E-state index in [-0.39, 0.29) is 5.41 Å². The molecule has 1 unspecified atom stereocenters. The molecule has 1 aromatic carbocycles. The highest BCUT2D eigenvalue weighted by molar-refractivity contribution is 5.97. The minimum Gasteiger partial charge on any atom is -0.341 e. The van der Waals surface area contributed by atoms with Crippen molar-refractivity contribution < 1.29 is 4.39 Å². The van der Waals surface area contributed by atoms with Gasteiger partial charge < -0.3 is 9.80 Å². The minimum absolute atomic E-state index is 0.151. The van der Waals surface area contributed by atoms with Crippen LogP contribution in [0.1, 0.15) is 37.8 Å². The Kier molecular flexibility index (Phi) is 2.94. The number of hydrogen-bond acceptors (Lipinski definition) is 3. The highest BCUT2D eigenvalue weighted by Gasteiger charge is 2.63. The molecule has 4 rings (SSSR count). The Morgan fingerprint density at radius 2 is 2.04 bits per heavy atom. The zero-order chi connectivity index (χ0) is 16.4. The first-order valence-corrected chi connectivity index (χ1v) is 8.46. The van der Waals surface area contributed by atoms with Gasteiger partial charge in [-0.25, -0.2) is 9.38 Å². The second kappa shape index (κ2) is 4.59. The van der Waals surface area contributed by atoms with Crippen LogP contribution in [0.2, 0.25) is 0 Å². The van der Waals surface area contributed by atoms with Gasteiger partial charge in [0.2, 0.25) is 5.96 Å². The van der Waals surface area contributed by atoms with Crippen LogP contribution in [0.3, 0.4) is 0 Å². The molecule has 0 amide bonds. The topological polar surface area (TPSA) is 18.8 Å². The van der Waals surface area contributed by atoms with Crippen molar-refractivity contribution in [1.29, 1.82) is 0 Å². The fourth-order valence-electron chi connectivity index (χ4n) is 4.14. The second-order valence-corrected chi connectivity index (χ2v) is 7.42. The molecule has 2 heterocycles. The monoisotopic (exact) mass is 313 g/mol. The maximum atomic E-state index is 14.5. The van der Waals surface area contributed by atoms with Crippen LogP contribution in [-0.2, 0) is 6.42 Å². The summed E-state index contributed by atoms with van der Waals surface area (Å²) in [5, 5.41) is 0. The van der Waals surface area contributed by atoms with Crippen molar-refractivity contribution >= 4 is 17.3 Å². The van der Waals surface area contributed by atoms with E-state index in [9.17, 15) is 4.39 Å². The van der Waals surface area contributed by atoms with Crippen molar-refractivity contribution in [3.63, 3.8) is 0 Å². The number of likely N-dealkylation sites (tertiary alicyclic amines) is 1. The molecule has 122 valence electrons. The van der Waals surface area contributed by atoms with Crippen molar-refractivity contribution in [1.82, 2.24) is 9.80 Å². The van der Waals surface area contributed by atoms with Crippen LogP contribution in [0.25, 0.3) is 5.70 Å². The third-order valence-electron chi connectivity index (χ3n) is 6.18. The van der Waals surface area contributed by atoms with Crippen LogP contribution >= 0.6 is 0 Å². The number of aliphatic imine (C=N–C) groups is 1. The summed E-state index contributed by atoms with van der Waals surface area (Å²) in [4.78, 5) is 9.18. The molecule has 1 spiro atoms. The van der Waals surface area contributed by atoms with E-state index in [1.807, 2.05) is 11.9 Å². The molecule has 0 aromatic heterocycles. The Morgan fingerprint density at radius 3 is 2.61 bits per heavy atom. The largest absolute Gasteiger partial charge is 0.341 e. The summed E-state index contributed by atoms with van der Waals surface area (Å²) in [5.41, 5.74) is 3.18. The van der Waals surface area contributed by atoms with E-state index in [0.717, 1.165) is 48.8 Å². The summed E-state index contributed by atoms with van der Waals surface area (Å²) in [7, 11) is 2.00. The molecule has 2 fully saturated rings. The molecular formula is C19H24FN3. The molecule has 1 aromatic rings. The Bertz CT molecular complexity index is 713. The van der Waals surface area contributed by atoms with Gasteiger partial charge >= 0.3 is 0 Å². The third kappa shape index (κ3) is 1.84. The molecule has 1 saturated heterocycles. The molecule has 1 atom stereocenters. The van der Waals surface area contributed by atoms with E-state index in [1.54, 1.807) is 6.92 Å². The first-order valence-electron chi connectivity index (χ1n) is 8.46. The molecule has 0 radical (unpaired) electrons. The standard InChI is InChI=1S/C19H24FN3/c1-5-14-7-6-8-15-13(2)22(4)17(21-16(14)15)23-11-19(12-23)10-9-18(19,3)20/h6-8H,2,5,9-12H2,1,3-4H3. The number of guanidine groups is 1. The first kappa shape index (κ1) is 14.7. The summed E-state index contributed by atoms with van der Waals surface area (Å²) in [6.07, 6.45) is 2.63. The van der Waals surface area contributed by atoms with E-state index < -0.39 is 5.67 Å². The Hall–Kier alpha value is -1.84. The predicted octanol–water partition coefficient (Wildman–Crippen LogP) is 3.98. The molecule has 3 nitrogen and oxygen atoms in total. The fourth-order valence-corrected chi connectivity index (χ4v) is 4.14. The van der Waals surface area contributed by atoms with E-state index >= 15 is 0 Å². The van der Waals surface area contributed by atoms with Gasteiger partial charge in [-0.2, -0.15) is 0 Å². The van der Waals surface area contributed by atoms with E-state index in [4.69, 9.17) is 4.99 Å². The van der Waals surface area contributed by atoms with Crippen molar-refractivity contribution in [3.8, 4) is 0 Å². The number of fused-ring (bicyclic) bond motifs is 1. The quantitative estimate of drug-likeness (QED) is 0.781. The van der Waals surface area contributed by atoms with Crippen LogP contribution in [0.5, 0.6) is 0 Å². The lowest BCUT2D eigenvalue weighted by atomic mass is 9.54. The number of nitrogens with zero attached hydrogens (tertiary/aromatic N) is 3. The van der Waals surface area contributed by atoms with Gasteiger partial charge in [0, 0.05) is 36.8 Å². The lowest BCUT2D eigenvalue weighted by molar-refractivity contribution is -0.163. The lowest BCUT2D eigenvalue weighted by Crippen LogP contribution is -2.72. The Morgan fingerprint density at radius 1 is 1.30 bits per heavy atom. The average Bonchev–Trinajstić information content (AvgIpc) is 2.49. The van der Waals surface area contributed by atoms with Gasteiger partial charge in [-0.05, 0) is 31.7 Å². The second-order valence-electron chi connectivity index (χ2n) is 7.42. The summed E-state index contributed by atoms with van der Waals surface area (Å²) in [6.45, 7) is 9.67. The summed E-state index contributed by atoms with van der Waals surface area (Å²) in [5.74, 6) is 0.914. The number of rotatable bonds is 1. The first-order chi connectivity index (χ1) is 10.9. The zero-order valence-corrected chi connectivity index (χ0v) is 14.2. The van der Waals surface area contributed by atoms with Gasteiger partial charge in [0.1, 0.15) is 5.67 Å². The normalized spacial score (nSPS) is 28.2. The average molecular weight is 313 g/mol. The molecule has 0 N–H and O–H groups in total. The summed E-state index contributed by atoms with van der Waals surface area (Å²) < 4.78 is 14.5. The van der Waals surface area contributed by atoms with Crippen LogP contribution in [0.4, 0.5) is 10.1 Å². The third-order valence-corrected chi connectivity index (χ3v) is 6.18. The van der Waals surface area contributed by atoms with Gasteiger partial charge in [0.25, 0.3) is 0 Å². The van der Waals surface area contributed by atoms with E-state index in [0.29, 0.717) is 6.42 Å². The highest BCUT2D eigenvalue weighted by Crippen LogP contribution is 2.58. The number of hydrogen-bond donors (Lipinski definition) is 0. The van der Waals surface area contributed by atoms with Gasteiger partial charge in [-0.15, -0.1) is 0 Å². The predicted molar refractivity (Wildman–Crippen MR) is 92.5 cm³/mol. The highest BCUT2D eigenvalue weighted by atomic mass is 19.1. The van der Waals surface area contributed by atoms with E-state index in [2.05, 4.69) is 36.6 Å². The lowest BCUT2D eigenvalue weighted by Gasteiger charge is -2.63. The number of alkyl halides is 1. The van der Waals surface area contributed by atoms with Crippen molar-refractivity contribution in [2.24, 2.45) is 10.4 Å². The van der Waals surface area contributed by atoms with Crippen LogP contribution < -0.4 is 0 Å². The smallest absolute Gasteiger partial charge is 0.206 e. The van der Waals surface area contributed by atoms with Gasteiger partial charge in [-0.3, -0.25) is 0 Å². The molecule has 1 saturated carbocycles. The van der Waals surface area contributed by atoms with Crippen molar-refractivity contribution in [2.75, 3.05) is 20.1 Å². The fraction of sp³-hybridized carbons (Fsp3) is 0.526. The van der Waals surface area contributed by atoms with Gasteiger partial charge in [0.05, 0.1) is 5.69 Å². The number of para-hydroxylation sites is 1. The zero-order valence-electron chi connectivity index (χ0n) is 14.2. The molecule has 23 heavy (non-hydrogen) atoms. The van der Waals surface area contributed by atoms with Gasteiger partial charge in [-0.1, -0.05) is 31.7 Å². The molecular weight excluding hydrogens is 289 g/mol. The van der Waals surface area contributed by atoms with Gasteiger partial charge in [0.15, 0.2) is 0 Å². The number of halogens is 1. The minimum atomic E-state index is -1.01. The molecule has 1 aliphatic carbocycles. The maximum Gasteiger partial charge on any atom is 0.206 e. The van der Waals surface area contributed by atoms with E-state index in [1.165, 1.54) is 5.56 Å². The number of benzene rings is 1. The SMILES string of the molecule is C=C1c2cccc(CC)c2N=C(N2CC3(CCC3(C)F)C2)N1C. The maximum absolute atomic E-state index is 14.5. The summed E-state index contributed by atoms with van der Waals surface area (Å²) >= 11 is 0. The van der Waals surface area contributed by atoms with Crippen LogP contribution in [-0.4, -0.2) is 41.6 Å². The van der Waals surface area contributed by atoms with Crippen LogP contribution in [0, 0.1) is 5.41 Å². The van der Waals surface area contributed by atoms with Crippen molar-refractivity contribution in [2.45, 2.75) is 38.8 Å². The molecule has 0 bridgehead atoms. The Labute approximate surface area is 137 Å². The summed E-state index contributed by atoms with van der Waals surface area (Å²) in [6, 6.07) is 6.27. The van der Waals surface area contributed by atoms with Crippen LogP contribution in [0.15, 0.2) is 29.8 Å². The molecule has 2 aliphatic heterocycles. The molecule has 3 aliphatic rings. The van der Waals surface area contributed by atoms with Crippen molar-refractivity contribution in [3.05, 3.63) is 35.9 Å². The number of aryl methyl sites for hydroxylation is 1.